The van der Waals surface area contributed by atoms with E-state index >= 15 is 0 Å². The number of hydrogen-bond acceptors (Lipinski definition) is 6. The van der Waals surface area contributed by atoms with Crippen LogP contribution in [0.3, 0.4) is 0 Å². The van der Waals surface area contributed by atoms with Crippen LogP contribution in [0.4, 0.5) is 0 Å². The standard InChI is InChI=1S/C22H28Cl2N2O5S/c1-11(2)26-32(29,30)10-18(27)19-13(5)25-14(6)20(22(28)31-12(3)4)21(19)16-9-15(23)7-8-17(16)24/h7-9,11-12,20-21,26H,10H2,1-6H3. The largest absolute Gasteiger partial charge is 0.462 e. The lowest BCUT2D eigenvalue weighted by Crippen LogP contribution is -2.40. The van der Waals surface area contributed by atoms with E-state index in [0.717, 1.165) is 0 Å². The number of Topliss-reactive ketones (excluding diaryl/α,β-unsaturated/α-hetero) is 1. The van der Waals surface area contributed by atoms with Crippen molar-refractivity contribution in [3.8, 4) is 0 Å². The molecule has 1 aromatic rings. The monoisotopic (exact) mass is 502 g/mol. The minimum atomic E-state index is -3.90. The van der Waals surface area contributed by atoms with E-state index in [1.807, 2.05) is 0 Å². The Morgan fingerprint density at radius 3 is 2.34 bits per heavy atom. The van der Waals surface area contributed by atoms with Gasteiger partial charge in [-0.15, -0.1) is 0 Å². The minimum Gasteiger partial charge on any atom is -0.462 e. The van der Waals surface area contributed by atoms with E-state index in [9.17, 15) is 18.0 Å². The van der Waals surface area contributed by atoms with Crippen LogP contribution in [0.25, 0.3) is 0 Å². The SMILES string of the molecule is CC1=NC(C)=C(C(=O)CS(=O)(=O)NC(C)C)C(c2cc(Cl)ccc2Cl)C1C(=O)OC(C)C. The maximum absolute atomic E-state index is 13.3. The molecular weight excluding hydrogens is 475 g/mol. The number of carbonyl (C=O) groups excluding carboxylic acids is 2. The zero-order valence-electron chi connectivity index (χ0n) is 18.9. The van der Waals surface area contributed by atoms with Gasteiger partial charge < -0.3 is 4.74 Å². The van der Waals surface area contributed by atoms with E-state index < -0.39 is 45.5 Å². The van der Waals surface area contributed by atoms with Crippen molar-refractivity contribution in [1.82, 2.24) is 4.72 Å². The van der Waals surface area contributed by atoms with Gasteiger partial charge in [0.1, 0.15) is 11.7 Å². The van der Waals surface area contributed by atoms with Crippen LogP contribution in [0.1, 0.15) is 53.0 Å². The Bertz CT molecular complexity index is 1080. The number of rotatable bonds is 8. The number of nitrogens with one attached hydrogen (secondary N) is 1. The molecule has 0 saturated carbocycles. The third kappa shape index (κ3) is 6.41. The molecule has 1 aromatic carbocycles. The Morgan fingerprint density at radius 2 is 1.78 bits per heavy atom. The van der Waals surface area contributed by atoms with Crippen molar-refractivity contribution in [1.29, 1.82) is 0 Å². The average Bonchev–Trinajstić information content (AvgIpc) is 2.60. The Morgan fingerprint density at radius 1 is 1.16 bits per heavy atom. The first kappa shape index (κ1) is 26.5. The van der Waals surface area contributed by atoms with Gasteiger partial charge in [0.2, 0.25) is 10.0 Å². The van der Waals surface area contributed by atoms with E-state index in [2.05, 4.69) is 9.71 Å². The third-order valence-corrected chi connectivity index (χ3v) is 6.82. The molecule has 0 spiro atoms. The molecule has 2 unspecified atom stereocenters. The van der Waals surface area contributed by atoms with Crippen molar-refractivity contribution >= 4 is 50.7 Å². The highest BCUT2D eigenvalue weighted by Gasteiger charge is 2.43. The fourth-order valence-electron chi connectivity index (χ4n) is 3.75. The first-order valence-corrected chi connectivity index (χ1v) is 12.6. The van der Waals surface area contributed by atoms with Gasteiger partial charge in [0, 0.05) is 39.0 Å². The lowest BCUT2D eigenvalue weighted by Gasteiger charge is -2.33. The Balaban J connectivity index is 2.67. The highest BCUT2D eigenvalue weighted by molar-refractivity contribution is 7.90. The van der Waals surface area contributed by atoms with Crippen LogP contribution in [-0.4, -0.2) is 43.8 Å². The van der Waals surface area contributed by atoms with Crippen LogP contribution in [0.5, 0.6) is 0 Å². The summed E-state index contributed by atoms with van der Waals surface area (Å²) in [5.74, 6) is -3.89. The van der Waals surface area contributed by atoms with Crippen molar-refractivity contribution < 1.29 is 22.7 Å². The van der Waals surface area contributed by atoms with Gasteiger partial charge in [-0.1, -0.05) is 23.2 Å². The maximum Gasteiger partial charge on any atom is 0.315 e. The number of hydrogen-bond donors (Lipinski definition) is 1. The van der Waals surface area contributed by atoms with Gasteiger partial charge in [-0.2, -0.15) is 0 Å². The van der Waals surface area contributed by atoms with Gasteiger partial charge in [-0.25, -0.2) is 13.1 Å². The fourth-order valence-corrected chi connectivity index (χ4v) is 5.47. The summed E-state index contributed by atoms with van der Waals surface area (Å²) in [6.45, 7) is 10.0. The number of allylic oxidation sites excluding steroid dienone is 2. The molecule has 10 heteroatoms. The number of aliphatic imine (C=N–C) groups is 1. The Hall–Kier alpha value is -1.74. The predicted octanol–water partition coefficient (Wildman–Crippen LogP) is 4.29. The molecule has 1 aliphatic rings. The van der Waals surface area contributed by atoms with E-state index in [-0.39, 0.29) is 16.6 Å². The number of nitrogens with zero attached hydrogens (tertiary/aromatic N) is 1. The minimum absolute atomic E-state index is 0.0969. The maximum atomic E-state index is 13.3. The number of ether oxygens (including phenoxy) is 1. The first-order chi connectivity index (χ1) is 14.7. The molecule has 1 N–H and O–H groups in total. The number of sulfonamides is 1. The Kier molecular flexibility index (Phi) is 8.67. The summed E-state index contributed by atoms with van der Waals surface area (Å²) in [7, 11) is -3.90. The van der Waals surface area contributed by atoms with Crippen molar-refractivity contribution in [2.45, 2.75) is 59.6 Å². The summed E-state index contributed by atoms with van der Waals surface area (Å²) < 4.78 is 32.8. The van der Waals surface area contributed by atoms with Crippen molar-refractivity contribution in [3.63, 3.8) is 0 Å². The van der Waals surface area contributed by atoms with Crippen LogP contribution in [-0.2, 0) is 24.3 Å². The van der Waals surface area contributed by atoms with Gasteiger partial charge in [-0.05, 0) is 65.3 Å². The van der Waals surface area contributed by atoms with Gasteiger partial charge in [0.25, 0.3) is 0 Å². The first-order valence-electron chi connectivity index (χ1n) is 10.2. The third-order valence-electron chi connectivity index (χ3n) is 4.76. The predicted molar refractivity (Wildman–Crippen MR) is 127 cm³/mol. The van der Waals surface area contributed by atoms with Crippen LogP contribution >= 0.6 is 23.2 Å². The fraction of sp³-hybridized carbons (Fsp3) is 0.500. The summed E-state index contributed by atoms with van der Waals surface area (Å²) in [5, 5.41) is 0.650. The van der Waals surface area contributed by atoms with E-state index in [4.69, 9.17) is 27.9 Å². The number of benzene rings is 1. The molecule has 0 bridgehead atoms. The van der Waals surface area contributed by atoms with Gasteiger partial charge >= 0.3 is 5.97 Å². The normalized spacial score (nSPS) is 19.4. The van der Waals surface area contributed by atoms with E-state index in [1.165, 1.54) is 0 Å². The molecule has 0 fully saturated rings. The second kappa shape index (κ2) is 10.5. The van der Waals surface area contributed by atoms with Crippen LogP contribution < -0.4 is 4.72 Å². The molecule has 0 radical (unpaired) electrons. The van der Waals surface area contributed by atoms with Gasteiger partial charge in [-0.3, -0.25) is 14.6 Å². The summed E-state index contributed by atoms with van der Waals surface area (Å²) in [6, 6.07) is 4.36. The molecule has 2 rings (SSSR count). The molecule has 2 atom stereocenters. The van der Waals surface area contributed by atoms with Crippen LogP contribution in [0.2, 0.25) is 10.0 Å². The second-order valence-electron chi connectivity index (χ2n) is 8.31. The second-order valence-corrected chi connectivity index (χ2v) is 10.9. The van der Waals surface area contributed by atoms with Crippen molar-refractivity contribution in [3.05, 3.63) is 45.1 Å². The van der Waals surface area contributed by atoms with Crippen molar-refractivity contribution in [2.75, 3.05) is 5.75 Å². The van der Waals surface area contributed by atoms with Gasteiger partial charge in [0.05, 0.1) is 6.10 Å². The molecule has 1 aliphatic heterocycles. The van der Waals surface area contributed by atoms with Gasteiger partial charge in [0.15, 0.2) is 5.78 Å². The molecule has 0 aliphatic carbocycles. The smallest absolute Gasteiger partial charge is 0.315 e. The quantitative estimate of drug-likeness (QED) is 0.534. The number of ketones is 1. The zero-order chi connectivity index (χ0) is 24.4. The topological polar surface area (TPSA) is 102 Å². The highest BCUT2D eigenvalue weighted by atomic mass is 35.5. The zero-order valence-corrected chi connectivity index (χ0v) is 21.2. The number of esters is 1. The summed E-state index contributed by atoms with van der Waals surface area (Å²) >= 11 is 12.7. The van der Waals surface area contributed by atoms with Crippen LogP contribution in [0.15, 0.2) is 34.5 Å². The lowest BCUT2D eigenvalue weighted by molar-refractivity contribution is -0.150. The molecule has 0 saturated heterocycles. The molecule has 32 heavy (non-hydrogen) atoms. The molecule has 7 nitrogen and oxygen atoms in total. The van der Waals surface area contributed by atoms with E-state index in [0.29, 0.717) is 22.0 Å². The highest BCUT2D eigenvalue weighted by Crippen LogP contribution is 2.43. The summed E-state index contributed by atoms with van der Waals surface area (Å²) in [6.07, 6.45) is -0.396. The number of halogens is 2. The van der Waals surface area contributed by atoms with E-state index in [1.54, 1.807) is 59.7 Å². The molecule has 1 heterocycles. The average molecular weight is 503 g/mol. The molecule has 0 aromatic heterocycles. The Labute approximate surface area is 199 Å². The van der Waals surface area contributed by atoms with Crippen molar-refractivity contribution in [2.24, 2.45) is 10.9 Å². The summed E-state index contributed by atoms with van der Waals surface area (Å²) in [5.41, 5.74) is 1.28. The summed E-state index contributed by atoms with van der Waals surface area (Å²) in [4.78, 5) is 30.8. The molecule has 0 amide bonds. The molecule has 176 valence electrons. The molecular formula is C22H28Cl2N2O5S. The van der Waals surface area contributed by atoms with Crippen LogP contribution in [0, 0.1) is 5.92 Å². The number of carbonyl (C=O) groups is 2. The lowest BCUT2D eigenvalue weighted by atomic mass is 9.74.